The Hall–Kier alpha value is -3.96. The van der Waals surface area contributed by atoms with Gasteiger partial charge in [-0.1, -0.05) is 12.1 Å². The van der Waals surface area contributed by atoms with Crippen LogP contribution in [0.5, 0.6) is 0 Å². The Balaban J connectivity index is 1.94. The molecule has 2 amide bonds. The number of methoxy groups -OCH3 is 1. The number of nitrogens with zero attached hydrogens (tertiary/aromatic N) is 2. The number of furan rings is 1. The first kappa shape index (κ1) is 21.7. The number of aliphatic hydroxyl groups excluding tert-OH is 1. The van der Waals surface area contributed by atoms with Crippen LogP contribution in [-0.2, 0) is 14.3 Å². The van der Waals surface area contributed by atoms with Crippen molar-refractivity contribution in [3.63, 3.8) is 0 Å². The molecule has 0 fully saturated rings. The largest absolute Gasteiger partial charge is 0.465 e. The van der Waals surface area contributed by atoms with Crippen LogP contribution < -0.4 is 0 Å². The van der Waals surface area contributed by atoms with Crippen molar-refractivity contribution in [3.8, 4) is 17.4 Å². The molecule has 1 aromatic carbocycles. The Morgan fingerprint density at radius 3 is 2.52 bits per heavy atom. The minimum atomic E-state index is -0.665. The number of ether oxygens (including phenoxy) is 1. The average molecular weight is 420 g/mol. The normalized spacial score (nSPS) is 15.4. The molecule has 0 atom stereocenters. The molecule has 0 saturated carbocycles. The SMILES string of the molecule is COC(=O)c1ccc(-c2ccc(/C=C3\C(=O)N(CCCO)C(=O)C(C#N)=C3C)o2)cc1. The summed E-state index contributed by atoms with van der Waals surface area (Å²) in [5.74, 6) is -0.773. The van der Waals surface area contributed by atoms with Crippen LogP contribution in [0.1, 0.15) is 29.5 Å². The van der Waals surface area contributed by atoms with Gasteiger partial charge in [0.25, 0.3) is 11.8 Å². The van der Waals surface area contributed by atoms with Crippen LogP contribution in [0.3, 0.4) is 0 Å². The highest BCUT2D eigenvalue weighted by molar-refractivity contribution is 6.19. The molecule has 1 N–H and O–H groups in total. The molecule has 1 aromatic heterocycles. The molecule has 8 heteroatoms. The van der Waals surface area contributed by atoms with Gasteiger partial charge in [-0.25, -0.2) is 4.79 Å². The number of aliphatic hydroxyl groups is 1. The van der Waals surface area contributed by atoms with Crippen molar-refractivity contribution < 1.29 is 28.6 Å². The highest BCUT2D eigenvalue weighted by atomic mass is 16.5. The Kier molecular flexibility index (Phi) is 6.48. The van der Waals surface area contributed by atoms with E-state index in [0.29, 0.717) is 17.1 Å². The fourth-order valence-corrected chi connectivity index (χ4v) is 3.18. The molecule has 0 unspecified atom stereocenters. The van der Waals surface area contributed by atoms with Gasteiger partial charge in [0.05, 0.1) is 12.7 Å². The topological polar surface area (TPSA) is 121 Å². The standard InChI is InChI=1S/C23H20N2O6/c1-14-18(21(27)25(10-3-11-26)22(28)19(14)13-24)12-17-8-9-20(31-17)15-4-6-16(7-5-15)23(29)30-2/h4-9,12,26H,3,10-11H2,1-2H3/b18-12-. The maximum absolute atomic E-state index is 12.9. The van der Waals surface area contributed by atoms with E-state index in [1.165, 1.54) is 13.2 Å². The van der Waals surface area contributed by atoms with Crippen LogP contribution in [0.15, 0.2) is 57.5 Å². The number of hydrogen-bond acceptors (Lipinski definition) is 7. The number of nitriles is 1. The van der Waals surface area contributed by atoms with E-state index in [4.69, 9.17) is 9.52 Å². The number of rotatable bonds is 6. The third kappa shape index (κ3) is 4.32. The van der Waals surface area contributed by atoms with Gasteiger partial charge in [0.15, 0.2) is 0 Å². The molecule has 158 valence electrons. The van der Waals surface area contributed by atoms with Crippen LogP contribution in [0.25, 0.3) is 17.4 Å². The molecule has 0 radical (unpaired) electrons. The van der Waals surface area contributed by atoms with Crippen molar-refractivity contribution in [2.24, 2.45) is 0 Å². The predicted octanol–water partition coefficient (Wildman–Crippen LogP) is 2.71. The summed E-state index contributed by atoms with van der Waals surface area (Å²) in [5, 5.41) is 18.4. The van der Waals surface area contributed by atoms with Crippen molar-refractivity contribution in [3.05, 3.63) is 64.4 Å². The second-order valence-electron chi connectivity index (χ2n) is 6.78. The lowest BCUT2D eigenvalue weighted by molar-refractivity contribution is -0.140. The fourth-order valence-electron chi connectivity index (χ4n) is 3.18. The lowest BCUT2D eigenvalue weighted by Crippen LogP contribution is -2.43. The first-order valence-corrected chi connectivity index (χ1v) is 9.50. The average Bonchev–Trinajstić information content (AvgIpc) is 3.25. The molecule has 8 nitrogen and oxygen atoms in total. The summed E-state index contributed by atoms with van der Waals surface area (Å²) >= 11 is 0. The van der Waals surface area contributed by atoms with Crippen molar-refractivity contribution >= 4 is 23.9 Å². The molecule has 1 aliphatic rings. The Morgan fingerprint density at radius 1 is 1.19 bits per heavy atom. The predicted molar refractivity (Wildman–Crippen MR) is 110 cm³/mol. The van der Waals surface area contributed by atoms with E-state index in [2.05, 4.69) is 4.74 Å². The zero-order valence-electron chi connectivity index (χ0n) is 17.0. The molecular weight excluding hydrogens is 400 g/mol. The van der Waals surface area contributed by atoms with Crippen LogP contribution in [-0.4, -0.2) is 48.1 Å². The molecule has 0 bridgehead atoms. The van der Waals surface area contributed by atoms with E-state index >= 15 is 0 Å². The summed E-state index contributed by atoms with van der Waals surface area (Å²) in [5.41, 5.74) is 1.46. The molecule has 3 rings (SSSR count). The minimum absolute atomic E-state index is 0.0138. The Morgan fingerprint density at radius 2 is 1.90 bits per heavy atom. The van der Waals surface area contributed by atoms with E-state index in [1.807, 2.05) is 6.07 Å². The molecule has 0 saturated heterocycles. The molecule has 0 spiro atoms. The van der Waals surface area contributed by atoms with Crippen LogP contribution in [0, 0.1) is 11.3 Å². The highest BCUT2D eigenvalue weighted by Gasteiger charge is 2.35. The number of imide groups is 1. The van der Waals surface area contributed by atoms with Gasteiger partial charge in [0.1, 0.15) is 23.2 Å². The monoisotopic (exact) mass is 420 g/mol. The molecular formula is C23H20N2O6. The molecule has 2 aromatic rings. The van der Waals surface area contributed by atoms with Crippen LogP contribution >= 0.6 is 0 Å². The summed E-state index contributed by atoms with van der Waals surface area (Å²) in [4.78, 5) is 37.8. The zero-order valence-corrected chi connectivity index (χ0v) is 17.0. The molecule has 2 heterocycles. The zero-order chi connectivity index (χ0) is 22.5. The van der Waals surface area contributed by atoms with E-state index in [0.717, 1.165) is 10.5 Å². The van der Waals surface area contributed by atoms with Crippen molar-refractivity contribution in [2.75, 3.05) is 20.3 Å². The van der Waals surface area contributed by atoms with E-state index < -0.39 is 17.8 Å². The third-order valence-corrected chi connectivity index (χ3v) is 4.87. The van der Waals surface area contributed by atoms with Gasteiger partial charge < -0.3 is 14.3 Å². The van der Waals surface area contributed by atoms with E-state index in [-0.39, 0.29) is 36.3 Å². The van der Waals surface area contributed by atoms with Crippen molar-refractivity contribution in [1.82, 2.24) is 4.90 Å². The van der Waals surface area contributed by atoms with Gasteiger partial charge in [0.2, 0.25) is 0 Å². The molecule has 31 heavy (non-hydrogen) atoms. The second kappa shape index (κ2) is 9.24. The van der Waals surface area contributed by atoms with Crippen LogP contribution in [0.2, 0.25) is 0 Å². The third-order valence-electron chi connectivity index (χ3n) is 4.87. The number of hydrogen-bond donors (Lipinski definition) is 1. The summed E-state index contributed by atoms with van der Waals surface area (Å²) < 4.78 is 10.5. The smallest absolute Gasteiger partial charge is 0.337 e. The number of carbonyl (C=O) groups is 3. The van der Waals surface area contributed by atoms with Gasteiger partial charge in [-0.3, -0.25) is 14.5 Å². The molecule has 1 aliphatic heterocycles. The number of benzene rings is 1. The number of carbonyl (C=O) groups excluding carboxylic acids is 3. The number of esters is 1. The summed E-state index contributed by atoms with van der Waals surface area (Å²) in [7, 11) is 1.31. The first-order valence-electron chi connectivity index (χ1n) is 9.50. The van der Waals surface area contributed by atoms with Gasteiger partial charge in [-0.2, -0.15) is 5.26 Å². The number of amides is 2. The summed E-state index contributed by atoms with van der Waals surface area (Å²) in [6.07, 6.45) is 1.70. The summed E-state index contributed by atoms with van der Waals surface area (Å²) in [6.45, 7) is 1.37. The van der Waals surface area contributed by atoms with Gasteiger partial charge in [0, 0.05) is 24.3 Å². The quantitative estimate of drug-likeness (QED) is 0.433. The lowest BCUT2D eigenvalue weighted by Gasteiger charge is -2.27. The van der Waals surface area contributed by atoms with Crippen LogP contribution in [0.4, 0.5) is 0 Å². The second-order valence-corrected chi connectivity index (χ2v) is 6.78. The minimum Gasteiger partial charge on any atom is -0.465 e. The van der Waals surface area contributed by atoms with Crippen molar-refractivity contribution in [1.29, 1.82) is 5.26 Å². The van der Waals surface area contributed by atoms with E-state index in [9.17, 15) is 19.6 Å². The van der Waals surface area contributed by atoms with Crippen molar-refractivity contribution in [2.45, 2.75) is 13.3 Å². The highest BCUT2D eigenvalue weighted by Crippen LogP contribution is 2.29. The maximum Gasteiger partial charge on any atom is 0.337 e. The van der Waals surface area contributed by atoms with Gasteiger partial charge in [-0.15, -0.1) is 0 Å². The Labute approximate surface area is 178 Å². The fraction of sp³-hybridized carbons (Fsp3) is 0.217. The first-order chi connectivity index (χ1) is 14.9. The Bertz CT molecular complexity index is 1130. The van der Waals surface area contributed by atoms with Gasteiger partial charge in [-0.05, 0) is 49.3 Å². The lowest BCUT2D eigenvalue weighted by atomic mass is 9.94. The molecule has 0 aliphatic carbocycles. The summed E-state index contributed by atoms with van der Waals surface area (Å²) in [6, 6.07) is 11.9. The van der Waals surface area contributed by atoms with Gasteiger partial charge >= 0.3 is 5.97 Å². The van der Waals surface area contributed by atoms with E-state index in [1.54, 1.807) is 43.3 Å². The maximum atomic E-state index is 12.9.